The molecule has 30 heavy (non-hydrogen) atoms. The van der Waals surface area contributed by atoms with Crippen LogP contribution in [0.5, 0.6) is 0 Å². The predicted octanol–water partition coefficient (Wildman–Crippen LogP) is 4.51. The van der Waals surface area contributed by atoms with E-state index in [1.807, 2.05) is 12.1 Å². The van der Waals surface area contributed by atoms with Crippen LogP contribution in [0.1, 0.15) is 36.8 Å². The summed E-state index contributed by atoms with van der Waals surface area (Å²) in [7, 11) is 0. The summed E-state index contributed by atoms with van der Waals surface area (Å²) in [6, 6.07) is 16.8. The summed E-state index contributed by atoms with van der Waals surface area (Å²) >= 11 is 5.97. The van der Waals surface area contributed by atoms with Crippen molar-refractivity contribution in [3.63, 3.8) is 0 Å². The Hall–Kier alpha value is -2.04. The van der Waals surface area contributed by atoms with E-state index in [2.05, 4.69) is 51.5 Å². The lowest BCUT2D eigenvalue weighted by molar-refractivity contribution is -0.126. The molecule has 5 heteroatoms. The second kappa shape index (κ2) is 10.3. The number of likely N-dealkylation sites (tertiary alicyclic amines) is 1. The highest BCUT2D eigenvalue weighted by atomic mass is 35.5. The molecule has 1 amide bonds. The second-order valence-corrected chi connectivity index (χ2v) is 8.98. The maximum absolute atomic E-state index is 12.6. The fourth-order valence-corrected chi connectivity index (χ4v) is 4.80. The monoisotopic (exact) mass is 425 g/mol. The van der Waals surface area contributed by atoms with Gasteiger partial charge in [0.05, 0.1) is 0 Å². The fourth-order valence-electron chi connectivity index (χ4n) is 4.67. The molecule has 2 aromatic carbocycles. The van der Waals surface area contributed by atoms with Gasteiger partial charge in [0.2, 0.25) is 5.91 Å². The Bertz CT molecular complexity index is 831. The molecule has 0 aromatic heterocycles. The second-order valence-electron chi connectivity index (χ2n) is 8.54. The molecule has 2 aromatic rings. The molecule has 0 aliphatic carbocycles. The van der Waals surface area contributed by atoms with Crippen LogP contribution in [-0.2, 0) is 17.8 Å². The Labute approximate surface area is 185 Å². The van der Waals surface area contributed by atoms with Gasteiger partial charge >= 0.3 is 0 Å². The number of nitrogens with one attached hydrogen (secondary N) is 1. The van der Waals surface area contributed by atoms with Gasteiger partial charge in [-0.1, -0.05) is 41.9 Å². The van der Waals surface area contributed by atoms with Gasteiger partial charge in [0.1, 0.15) is 0 Å². The third-order valence-corrected chi connectivity index (χ3v) is 6.64. The number of halogens is 1. The van der Waals surface area contributed by atoms with E-state index in [9.17, 15) is 4.79 Å². The number of piperidine rings is 1. The first kappa shape index (κ1) is 21.2. The number of nitrogens with zero attached hydrogens (tertiary/aromatic N) is 2. The number of amides is 1. The standard InChI is InChI=1S/C25H32ClN3O/c26-23-10-8-20(9-11-23)19-28-17-12-22(13-18-28)25(30)27-14-4-16-29-15-3-6-21-5-1-2-7-24(21)29/h1-2,5,7-11,22H,3-4,6,12-19H2,(H,27,30). The van der Waals surface area contributed by atoms with E-state index in [1.165, 1.54) is 29.7 Å². The summed E-state index contributed by atoms with van der Waals surface area (Å²) in [5.41, 5.74) is 4.11. The molecule has 2 aliphatic rings. The van der Waals surface area contributed by atoms with E-state index < -0.39 is 0 Å². The van der Waals surface area contributed by atoms with Gasteiger partial charge in [-0.15, -0.1) is 0 Å². The zero-order valence-corrected chi connectivity index (χ0v) is 18.4. The van der Waals surface area contributed by atoms with Gasteiger partial charge in [-0.05, 0) is 74.5 Å². The van der Waals surface area contributed by atoms with E-state index >= 15 is 0 Å². The summed E-state index contributed by atoms with van der Waals surface area (Å²) in [5, 5.41) is 3.96. The minimum Gasteiger partial charge on any atom is -0.371 e. The van der Waals surface area contributed by atoms with Crippen LogP contribution in [0.4, 0.5) is 5.69 Å². The first-order chi connectivity index (χ1) is 14.7. The summed E-state index contributed by atoms with van der Waals surface area (Å²) in [4.78, 5) is 17.5. The lowest BCUT2D eigenvalue weighted by Gasteiger charge is -2.32. The molecule has 160 valence electrons. The predicted molar refractivity (Wildman–Crippen MR) is 124 cm³/mol. The lowest BCUT2D eigenvalue weighted by Crippen LogP contribution is -2.41. The largest absolute Gasteiger partial charge is 0.371 e. The number of fused-ring (bicyclic) bond motifs is 1. The highest BCUT2D eigenvalue weighted by Crippen LogP contribution is 2.26. The zero-order chi connectivity index (χ0) is 20.8. The summed E-state index contributed by atoms with van der Waals surface area (Å²) in [5.74, 6) is 0.391. The first-order valence-corrected chi connectivity index (χ1v) is 11.6. The number of benzene rings is 2. The van der Waals surface area contributed by atoms with Crippen LogP contribution in [-0.4, -0.2) is 43.5 Å². The Balaban J connectivity index is 1.15. The van der Waals surface area contributed by atoms with E-state index in [4.69, 9.17) is 11.6 Å². The van der Waals surface area contributed by atoms with Gasteiger partial charge in [0.15, 0.2) is 0 Å². The van der Waals surface area contributed by atoms with Crippen molar-refractivity contribution in [2.45, 2.75) is 38.6 Å². The number of rotatable bonds is 7. The van der Waals surface area contributed by atoms with Gasteiger partial charge in [-0.2, -0.15) is 0 Å². The van der Waals surface area contributed by atoms with Gasteiger partial charge in [0, 0.05) is 42.8 Å². The molecule has 0 spiro atoms. The highest BCUT2D eigenvalue weighted by Gasteiger charge is 2.24. The van der Waals surface area contributed by atoms with Crippen molar-refractivity contribution < 1.29 is 4.79 Å². The average Bonchev–Trinajstić information content (AvgIpc) is 2.79. The Morgan fingerprint density at radius 3 is 2.60 bits per heavy atom. The fraction of sp³-hybridized carbons (Fsp3) is 0.480. The van der Waals surface area contributed by atoms with Crippen molar-refractivity contribution in [2.75, 3.05) is 37.6 Å². The van der Waals surface area contributed by atoms with E-state index in [0.29, 0.717) is 0 Å². The molecule has 0 saturated carbocycles. The summed E-state index contributed by atoms with van der Waals surface area (Å²) in [6.07, 6.45) is 5.28. The highest BCUT2D eigenvalue weighted by molar-refractivity contribution is 6.30. The summed E-state index contributed by atoms with van der Waals surface area (Å²) in [6.45, 7) is 5.79. The van der Waals surface area contributed by atoms with Crippen LogP contribution in [0, 0.1) is 5.92 Å². The van der Waals surface area contributed by atoms with Crippen LogP contribution in [0.2, 0.25) is 5.02 Å². The van der Waals surface area contributed by atoms with Crippen molar-refractivity contribution in [3.05, 3.63) is 64.7 Å². The molecule has 0 bridgehead atoms. The van der Waals surface area contributed by atoms with Gasteiger partial charge in [-0.3, -0.25) is 9.69 Å². The smallest absolute Gasteiger partial charge is 0.223 e. The topological polar surface area (TPSA) is 35.6 Å². The third-order valence-electron chi connectivity index (χ3n) is 6.39. The molecule has 2 heterocycles. The molecule has 1 fully saturated rings. The van der Waals surface area contributed by atoms with Crippen LogP contribution in [0.15, 0.2) is 48.5 Å². The van der Waals surface area contributed by atoms with Crippen LogP contribution in [0.25, 0.3) is 0 Å². The van der Waals surface area contributed by atoms with Crippen molar-refractivity contribution in [1.82, 2.24) is 10.2 Å². The molecule has 1 N–H and O–H groups in total. The number of carbonyl (C=O) groups excluding carboxylic acids is 1. The van der Waals surface area contributed by atoms with Gasteiger partial charge in [0.25, 0.3) is 0 Å². The van der Waals surface area contributed by atoms with Crippen LogP contribution < -0.4 is 10.2 Å². The zero-order valence-electron chi connectivity index (χ0n) is 17.7. The molecule has 4 nitrogen and oxygen atoms in total. The van der Waals surface area contributed by atoms with Crippen molar-refractivity contribution >= 4 is 23.2 Å². The maximum atomic E-state index is 12.6. The number of hydrogen-bond acceptors (Lipinski definition) is 3. The third kappa shape index (κ3) is 5.55. The van der Waals surface area contributed by atoms with Crippen LogP contribution in [0.3, 0.4) is 0 Å². The van der Waals surface area contributed by atoms with E-state index in [0.717, 1.165) is 63.6 Å². The minimum absolute atomic E-state index is 0.155. The molecule has 4 rings (SSSR count). The molecular formula is C25H32ClN3O. The van der Waals surface area contributed by atoms with Gasteiger partial charge in [-0.25, -0.2) is 0 Å². The number of para-hydroxylation sites is 1. The molecule has 0 atom stereocenters. The Kier molecular flexibility index (Phi) is 7.29. The van der Waals surface area contributed by atoms with E-state index in [-0.39, 0.29) is 11.8 Å². The molecule has 0 unspecified atom stereocenters. The SMILES string of the molecule is O=C(NCCCN1CCCc2ccccc21)C1CCN(Cc2ccc(Cl)cc2)CC1. The molecule has 1 saturated heterocycles. The van der Waals surface area contributed by atoms with Crippen molar-refractivity contribution in [3.8, 4) is 0 Å². The van der Waals surface area contributed by atoms with Crippen LogP contribution >= 0.6 is 11.6 Å². The number of hydrogen-bond donors (Lipinski definition) is 1. The van der Waals surface area contributed by atoms with Gasteiger partial charge < -0.3 is 10.2 Å². The van der Waals surface area contributed by atoms with E-state index in [1.54, 1.807) is 0 Å². The van der Waals surface area contributed by atoms with Crippen molar-refractivity contribution in [2.24, 2.45) is 5.92 Å². The molecule has 2 aliphatic heterocycles. The molecule has 0 radical (unpaired) electrons. The maximum Gasteiger partial charge on any atom is 0.223 e. The average molecular weight is 426 g/mol. The minimum atomic E-state index is 0.155. The Morgan fingerprint density at radius 1 is 1.03 bits per heavy atom. The Morgan fingerprint density at radius 2 is 1.80 bits per heavy atom. The number of carbonyl (C=O) groups is 1. The number of anilines is 1. The first-order valence-electron chi connectivity index (χ1n) is 11.3. The quantitative estimate of drug-likeness (QED) is 0.663. The summed E-state index contributed by atoms with van der Waals surface area (Å²) < 4.78 is 0. The number of aryl methyl sites for hydroxylation is 1. The lowest BCUT2D eigenvalue weighted by atomic mass is 9.95. The van der Waals surface area contributed by atoms with Crippen molar-refractivity contribution in [1.29, 1.82) is 0 Å². The normalized spacial score (nSPS) is 17.6. The molecular weight excluding hydrogens is 394 g/mol.